The lowest BCUT2D eigenvalue weighted by Crippen LogP contribution is -2.57. The number of pyridine rings is 1. The van der Waals surface area contributed by atoms with Crippen LogP contribution in [0.4, 0.5) is 17.1 Å². The fraction of sp³-hybridized carbons (Fsp3) is 0.494. The number of carbonyl (C=O) groups is 3. The molecule has 0 radical (unpaired) electrons. The van der Waals surface area contributed by atoms with E-state index in [9.17, 15) is 38.0 Å². The number of fused-ring (bicyclic) bond motifs is 1. The molecule has 23 nitrogen and oxygen atoms in total. The molecule has 7 aromatic rings. The average Bonchev–Trinajstić information content (AvgIpc) is 1.69. The monoisotopic (exact) mass is 1460 g/mol. The molecule has 4 saturated heterocycles. The van der Waals surface area contributed by atoms with Gasteiger partial charge in [-0.1, -0.05) is 88.2 Å². The number of piperazine rings is 1. The van der Waals surface area contributed by atoms with Crippen LogP contribution in [0.25, 0.3) is 27.0 Å². The molecular weight excluding hydrogens is 1370 g/mol. The number of nitrogens with one attached hydrogen (secondary N) is 5. The van der Waals surface area contributed by atoms with E-state index in [-0.39, 0.29) is 59.2 Å². The van der Waals surface area contributed by atoms with Crippen molar-refractivity contribution in [2.24, 2.45) is 16.7 Å². The van der Waals surface area contributed by atoms with Crippen molar-refractivity contribution >= 4 is 84.4 Å². The van der Waals surface area contributed by atoms with Gasteiger partial charge in [0.1, 0.15) is 28.9 Å². The van der Waals surface area contributed by atoms with Gasteiger partial charge in [0.25, 0.3) is 21.6 Å². The maximum Gasteiger partial charge on any atom is 0.293 e. The summed E-state index contributed by atoms with van der Waals surface area (Å²) in [5, 5.41) is 34.7. The van der Waals surface area contributed by atoms with E-state index in [1.807, 2.05) is 82.6 Å². The molecule has 3 aromatic heterocycles. The van der Waals surface area contributed by atoms with E-state index in [0.29, 0.717) is 56.8 Å². The molecule has 7 heterocycles. The Hall–Kier alpha value is -7.85. The maximum atomic E-state index is 14.3. The van der Waals surface area contributed by atoms with E-state index >= 15 is 0 Å². The molecule has 12 rings (SSSR count). The van der Waals surface area contributed by atoms with Crippen LogP contribution in [0.15, 0.2) is 125 Å². The molecule has 0 bridgehead atoms. The summed E-state index contributed by atoms with van der Waals surface area (Å²) >= 11 is 7.88. The van der Waals surface area contributed by atoms with Crippen molar-refractivity contribution < 1.29 is 42.3 Å². The number of carbonyl (C=O) groups excluding carboxylic acids is 3. The number of likely N-dealkylation sites (tertiary alicyclic amines) is 3. The number of aryl methyl sites for hydroxylation is 1. The third kappa shape index (κ3) is 18.6. The second-order valence-electron chi connectivity index (χ2n) is 30.2. The number of benzene rings is 4. The summed E-state index contributed by atoms with van der Waals surface area (Å²) in [4.78, 5) is 78.1. The Morgan fingerprint density at radius 3 is 2.33 bits per heavy atom. The number of aliphatic hydroxyl groups is 1. The lowest BCUT2D eigenvalue weighted by atomic mass is 9.72. The SMILES string of the molecule is Cc1ncsc1-c1ccc([C@H](C)NC(=O)[C@@H]2C[C@@H](O)CN2C(=O)[C@@H](NCCOCCN2CCC(N3CCC(CNc4ccc(S(=O)(=O)NC(=O)c5ccc(N6CCN(CC7=C(c8ccc(Cl)cc8)CC(C)(C)CC7)CC6)cc5Oc5cnc6[nH]ccc6c5)cc4[N+](=O)[O-])CC3)CC2)C(C)(C)C)cc1. The molecule has 0 unspecified atom stereocenters. The summed E-state index contributed by atoms with van der Waals surface area (Å²) in [5.74, 6) is -0.789. The topological polar surface area (TPSA) is 273 Å². The van der Waals surface area contributed by atoms with E-state index in [1.165, 1.54) is 39.9 Å². The molecule has 1 aliphatic carbocycles. The first-order valence-corrected chi connectivity index (χ1v) is 38.9. The van der Waals surface area contributed by atoms with Crippen molar-refractivity contribution in [3.8, 4) is 21.9 Å². The minimum absolute atomic E-state index is 0.0505. The summed E-state index contributed by atoms with van der Waals surface area (Å²) in [7, 11) is -4.64. The zero-order valence-electron chi connectivity index (χ0n) is 60.1. The minimum Gasteiger partial charge on any atom is -0.455 e. The molecule has 4 aromatic carbocycles. The molecule has 103 heavy (non-hydrogen) atoms. The number of rotatable bonds is 26. The molecular formula is C77H98ClN13O10S2. The number of nitro groups is 1. The summed E-state index contributed by atoms with van der Waals surface area (Å²) in [6, 6.07) is 27.3. The summed E-state index contributed by atoms with van der Waals surface area (Å²) < 4.78 is 42.9. The smallest absolute Gasteiger partial charge is 0.293 e. The molecule has 4 fully saturated rings. The van der Waals surface area contributed by atoms with Crippen LogP contribution in [0.5, 0.6) is 11.5 Å². The van der Waals surface area contributed by atoms with Gasteiger partial charge in [-0.25, -0.2) is 23.1 Å². The number of aromatic nitrogens is 3. The highest BCUT2D eigenvalue weighted by Crippen LogP contribution is 2.44. The van der Waals surface area contributed by atoms with Crippen LogP contribution in [0.3, 0.4) is 0 Å². The largest absolute Gasteiger partial charge is 0.455 e. The maximum absolute atomic E-state index is 14.3. The van der Waals surface area contributed by atoms with Crippen molar-refractivity contribution in [3.63, 3.8) is 0 Å². The Morgan fingerprint density at radius 2 is 1.62 bits per heavy atom. The third-order valence-electron chi connectivity index (χ3n) is 21.3. The standard InChI is InChI=1S/C77H98ClN13O10S2/c1-50(53-8-10-55(11-9-53)70-51(2)83-49-102-70)84-74(94)68-42-61(92)48-90(68)75(95)71(76(3,4)5)79-28-38-100-39-37-86-29-24-59(25-30-86)88-31-22-52(23-32-88)45-81-66-19-17-63(43-67(66)91(96)97)103(98,99)85-73(93)64-18-16-60(41-69(64)101-62-40-56-21-27-80-72(56)82-46-62)89-35-33-87(34-36-89)47-57-20-26-77(6,7)44-65(57)54-12-14-58(78)15-13-54/h8-19,21,27,40-41,43,46,49-50,52,59,61,68,71,79,81,92H,20,22-26,28-39,42,44-45,47-48H2,1-7H3,(H,80,82)(H,84,94)(H,85,93)/t50-,61+,68-,71+/m0/s1. The zero-order valence-corrected chi connectivity index (χ0v) is 62.5. The number of hydrogen-bond donors (Lipinski definition) is 6. The molecule has 550 valence electrons. The lowest BCUT2D eigenvalue weighted by molar-refractivity contribution is -0.384. The number of nitro benzene ring substituents is 1. The normalized spacial score (nSPS) is 19.7. The van der Waals surface area contributed by atoms with Gasteiger partial charge in [-0.3, -0.25) is 29.4 Å². The van der Waals surface area contributed by atoms with Crippen molar-refractivity contribution in [1.29, 1.82) is 0 Å². The van der Waals surface area contributed by atoms with Crippen LogP contribution in [0.2, 0.25) is 5.02 Å². The average molecular weight is 1470 g/mol. The number of allylic oxidation sites excluding steroid dienone is 1. The first-order chi connectivity index (χ1) is 49.3. The van der Waals surface area contributed by atoms with E-state index in [2.05, 4.69) is 81.2 Å². The molecule has 0 spiro atoms. The second-order valence-corrected chi connectivity index (χ2v) is 33.2. The Bertz CT molecular complexity index is 4290. The number of halogens is 1. The number of aliphatic hydroxyl groups excluding tert-OH is 1. The van der Waals surface area contributed by atoms with E-state index in [4.69, 9.17) is 21.1 Å². The van der Waals surface area contributed by atoms with Crippen LogP contribution < -0.4 is 30.3 Å². The van der Waals surface area contributed by atoms with Gasteiger partial charge >= 0.3 is 0 Å². The number of β-amino-alcohol motifs (C(OH)–C–C–N with tert-alkyl or cyclic N) is 1. The molecule has 0 saturated carbocycles. The fourth-order valence-electron chi connectivity index (χ4n) is 15.2. The summed E-state index contributed by atoms with van der Waals surface area (Å²) in [6.45, 7) is 24.8. The van der Waals surface area contributed by atoms with Gasteiger partial charge in [0.2, 0.25) is 11.8 Å². The first-order valence-electron chi connectivity index (χ1n) is 36.2. The van der Waals surface area contributed by atoms with Gasteiger partial charge in [-0.15, -0.1) is 11.3 Å². The zero-order chi connectivity index (χ0) is 72.7. The van der Waals surface area contributed by atoms with E-state index in [1.54, 1.807) is 41.8 Å². The fourth-order valence-corrected chi connectivity index (χ4v) is 17.1. The summed E-state index contributed by atoms with van der Waals surface area (Å²) in [6.07, 6.45) is 9.65. The van der Waals surface area contributed by atoms with Crippen LogP contribution in [0, 0.1) is 33.8 Å². The van der Waals surface area contributed by atoms with Gasteiger partial charge in [0.15, 0.2) is 0 Å². The predicted molar refractivity (Wildman–Crippen MR) is 404 cm³/mol. The second kappa shape index (κ2) is 32.7. The van der Waals surface area contributed by atoms with Crippen LogP contribution in [-0.2, 0) is 24.3 Å². The van der Waals surface area contributed by atoms with Gasteiger partial charge in [0.05, 0.1) is 69.1 Å². The molecule has 3 amide bonds. The lowest BCUT2D eigenvalue weighted by Gasteiger charge is -2.42. The quantitative estimate of drug-likeness (QED) is 0.0167. The molecule has 4 aliphatic heterocycles. The first kappa shape index (κ1) is 74.9. The van der Waals surface area contributed by atoms with E-state index < -0.39 is 55.0 Å². The van der Waals surface area contributed by atoms with Crippen LogP contribution >= 0.6 is 22.9 Å². The Kier molecular flexibility index (Phi) is 23.7. The van der Waals surface area contributed by atoms with Gasteiger partial charge < -0.3 is 55.1 Å². The number of amides is 3. The Balaban J connectivity index is 0.581. The van der Waals surface area contributed by atoms with Crippen molar-refractivity contribution in [2.75, 3.05) is 109 Å². The molecule has 5 aliphatic rings. The van der Waals surface area contributed by atoms with Gasteiger partial charge in [0, 0.05) is 106 Å². The number of nitrogens with zero attached hydrogens (tertiary/aromatic N) is 8. The van der Waals surface area contributed by atoms with Crippen molar-refractivity contribution in [2.45, 2.75) is 135 Å². The number of piperidine rings is 2. The predicted octanol–water partition coefficient (Wildman–Crippen LogP) is 11.7. The number of thiazole rings is 1. The minimum atomic E-state index is -4.64. The highest BCUT2D eigenvalue weighted by atomic mass is 35.5. The third-order valence-corrected chi connectivity index (χ3v) is 23.8. The Morgan fingerprint density at radius 1 is 0.883 bits per heavy atom. The number of anilines is 2. The van der Waals surface area contributed by atoms with Crippen LogP contribution in [0.1, 0.15) is 126 Å². The molecule has 26 heteroatoms. The highest BCUT2D eigenvalue weighted by molar-refractivity contribution is 7.90. The molecule has 4 atom stereocenters. The van der Waals surface area contributed by atoms with Gasteiger partial charge in [-0.05, 0) is 173 Å². The van der Waals surface area contributed by atoms with Crippen LogP contribution in [-0.4, -0.2) is 193 Å². The summed E-state index contributed by atoms with van der Waals surface area (Å²) in [5.41, 5.74) is 9.77. The number of H-pyrrole nitrogens is 1. The van der Waals surface area contributed by atoms with Crippen molar-refractivity contribution in [3.05, 3.63) is 158 Å². The molecule has 6 N–H and O–H groups in total. The van der Waals surface area contributed by atoms with Crippen molar-refractivity contribution in [1.82, 2.24) is 49.9 Å². The number of ether oxygens (including phenoxy) is 2. The highest BCUT2D eigenvalue weighted by Gasteiger charge is 2.44. The van der Waals surface area contributed by atoms with Gasteiger partial charge in [-0.2, -0.15) is 0 Å². The number of hydrogen-bond acceptors (Lipinski definition) is 19. The number of aromatic amines is 1. The Labute approximate surface area is 613 Å². The number of sulfonamides is 1. The van der Waals surface area contributed by atoms with E-state index in [0.717, 1.165) is 141 Å².